The standard InChI is InChI=1S/C16H23N3O3S/c1-4-15(23-11(2)20)22-16(21)12-7-13(18-8-12)5-6-14-9-17-10-19(14)3/h4,9-10,12-13,15,18H,1,5-8H2,2-3H3/t12-,13+,15?/m0/s1. The van der Waals surface area contributed by atoms with Crippen molar-refractivity contribution >= 4 is 22.8 Å². The van der Waals surface area contributed by atoms with E-state index in [2.05, 4.69) is 16.9 Å². The molecular formula is C16H23N3O3S. The molecule has 0 aliphatic carbocycles. The Balaban J connectivity index is 1.77. The average molecular weight is 337 g/mol. The van der Waals surface area contributed by atoms with Gasteiger partial charge in [0.05, 0.1) is 12.2 Å². The maximum atomic E-state index is 12.2. The molecule has 0 bridgehead atoms. The number of rotatable bonds is 7. The third-order valence-corrected chi connectivity index (χ3v) is 4.78. The zero-order valence-corrected chi connectivity index (χ0v) is 14.3. The number of thioether (sulfide) groups is 1. The van der Waals surface area contributed by atoms with Crippen molar-refractivity contribution in [1.29, 1.82) is 0 Å². The van der Waals surface area contributed by atoms with Gasteiger partial charge < -0.3 is 14.6 Å². The van der Waals surface area contributed by atoms with Crippen LogP contribution in [0.5, 0.6) is 0 Å². The van der Waals surface area contributed by atoms with Crippen LogP contribution in [0.3, 0.4) is 0 Å². The molecule has 0 spiro atoms. The van der Waals surface area contributed by atoms with E-state index in [0.29, 0.717) is 12.6 Å². The van der Waals surface area contributed by atoms with E-state index in [1.165, 1.54) is 18.7 Å². The molecular weight excluding hydrogens is 314 g/mol. The van der Waals surface area contributed by atoms with Gasteiger partial charge in [-0.1, -0.05) is 6.58 Å². The smallest absolute Gasteiger partial charge is 0.311 e. The maximum Gasteiger partial charge on any atom is 0.311 e. The van der Waals surface area contributed by atoms with Crippen molar-refractivity contribution in [3.05, 3.63) is 30.9 Å². The van der Waals surface area contributed by atoms with Crippen LogP contribution in [-0.4, -0.2) is 38.7 Å². The monoisotopic (exact) mass is 337 g/mol. The van der Waals surface area contributed by atoms with Crippen LogP contribution >= 0.6 is 11.8 Å². The van der Waals surface area contributed by atoms with Crippen LogP contribution in [0.4, 0.5) is 0 Å². The molecule has 0 radical (unpaired) electrons. The first-order valence-corrected chi connectivity index (χ1v) is 8.56. The van der Waals surface area contributed by atoms with E-state index >= 15 is 0 Å². The number of nitrogens with zero attached hydrogens (tertiary/aromatic N) is 2. The zero-order chi connectivity index (χ0) is 16.8. The Labute approximate surface area is 140 Å². The molecule has 7 heteroatoms. The van der Waals surface area contributed by atoms with Crippen LogP contribution in [0, 0.1) is 5.92 Å². The van der Waals surface area contributed by atoms with Crippen molar-refractivity contribution in [3.63, 3.8) is 0 Å². The summed E-state index contributed by atoms with van der Waals surface area (Å²) < 4.78 is 7.35. The topological polar surface area (TPSA) is 73.2 Å². The summed E-state index contributed by atoms with van der Waals surface area (Å²) in [6.45, 7) is 5.66. The molecule has 3 atom stereocenters. The van der Waals surface area contributed by atoms with Crippen molar-refractivity contribution in [2.75, 3.05) is 6.54 Å². The number of carbonyl (C=O) groups excluding carboxylic acids is 2. The highest BCUT2D eigenvalue weighted by Crippen LogP contribution is 2.22. The van der Waals surface area contributed by atoms with E-state index < -0.39 is 5.44 Å². The molecule has 126 valence electrons. The fourth-order valence-electron chi connectivity index (χ4n) is 2.66. The summed E-state index contributed by atoms with van der Waals surface area (Å²) in [4.78, 5) is 27.4. The Morgan fingerprint density at radius 1 is 1.65 bits per heavy atom. The van der Waals surface area contributed by atoms with Crippen LogP contribution < -0.4 is 5.32 Å². The first-order chi connectivity index (χ1) is 11.0. The predicted molar refractivity (Wildman–Crippen MR) is 89.8 cm³/mol. The fraction of sp³-hybridized carbons (Fsp3) is 0.562. The predicted octanol–water partition coefficient (Wildman–Crippen LogP) is 1.67. The van der Waals surface area contributed by atoms with E-state index in [-0.39, 0.29) is 17.0 Å². The minimum Gasteiger partial charge on any atom is -0.446 e. The zero-order valence-electron chi connectivity index (χ0n) is 13.5. The SMILES string of the molecule is C=CC(OC(=O)[C@@H]1CN[C@H](CCc2cncn2C)C1)SC(C)=O. The highest BCUT2D eigenvalue weighted by molar-refractivity contribution is 8.14. The third-order valence-electron chi connectivity index (χ3n) is 3.93. The number of hydrogen-bond acceptors (Lipinski definition) is 6. The first kappa shape index (κ1) is 17.7. The summed E-state index contributed by atoms with van der Waals surface area (Å²) in [7, 11) is 1.98. The number of aromatic nitrogens is 2. The molecule has 23 heavy (non-hydrogen) atoms. The second-order valence-corrected chi connectivity index (χ2v) is 7.00. The van der Waals surface area contributed by atoms with E-state index in [4.69, 9.17) is 4.74 Å². The molecule has 6 nitrogen and oxygen atoms in total. The maximum absolute atomic E-state index is 12.2. The molecule has 1 N–H and O–H groups in total. The third kappa shape index (κ3) is 5.21. The lowest BCUT2D eigenvalue weighted by molar-refractivity contribution is -0.147. The molecule has 1 aromatic rings. The summed E-state index contributed by atoms with van der Waals surface area (Å²) in [6, 6.07) is 0.296. The van der Waals surface area contributed by atoms with Gasteiger partial charge in [0.2, 0.25) is 0 Å². The Bertz CT molecular complexity index is 573. The lowest BCUT2D eigenvalue weighted by Gasteiger charge is -2.15. The largest absolute Gasteiger partial charge is 0.446 e. The fourth-order valence-corrected chi connectivity index (χ4v) is 3.23. The van der Waals surface area contributed by atoms with E-state index in [9.17, 15) is 9.59 Å². The van der Waals surface area contributed by atoms with Crippen molar-refractivity contribution in [2.24, 2.45) is 13.0 Å². The number of ether oxygens (including phenoxy) is 1. The van der Waals surface area contributed by atoms with Crippen LogP contribution in [0.25, 0.3) is 0 Å². The van der Waals surface area contributed by atoms with Crippen LogP contribution in [-0.2, 0) is 27.8 Å². The average Bonchev–Trinajstić information content (AvgIpc) is 3.12. The molecule has 2 heterocycles. The summed E-state index contributed by atoms with van der Waals surface area (Å²) in [5, 5.41) is 3.28. The number of imidazole rings is 1. The minimum atomic E-state index is -0.603. The summed E-state index contributed by atoms with van der Waals surface area (Å²) in [6.07, 6.45) is 7.77. The Morgan fingerprint density at radius 2 is 2.43 bits per heavy atom. The van der Waals surface area contributed by atoms with Gasteiger partial charge in [0.1, 0.15) is 0 Å². The molecule has 1 fully saturated rings. The number of nitrogens with one attached hydrogen (secondary N) is 1. The minimum absolute atomic E-state index is 0.0960. The van der Waals surface area contributed by atoms with Crippen LogP contribution in [0.1, 0.15) is 25.5 Å². The van der Waals surface area contributed by atoms with Crippen molar-refractivity contribution in [1.82, 2.24) is 14.9 Å². The van der Waals surface area contributed by atoms with E-state index in [1.807, 2.05) is 17.8 Å². The molecule has 0 aromatic carbocycles. The Morgan fingerprint density at radius 3 is 3.04 bits per heavy atom. The number of carbonyl (C=O) groups is 2. The first-order valence-electron chi connectivity index (χ1n) is 7.68. The highest BCUT2D eigenvalue weighted by Gasteiger charge is 2.31. The molecule has 1 aliphatic heterocycles. The van der Waals surface area contributed by atoms with Crippen LogP contribution in [0.15, 0.2) is 25.2 Å². The molecule has 0 amide bonds. The summed E-state index contributed by atoms with van der Waals surface area (Å²) in [5.41, 5.74) is 0.580. The van der Waals surface area contributed by atoms with Gasteiger partial charge in [0, 0.05) is 38.4 Å². The number of esters is 1. The quantitative estimate of drug-likeness (QED) is 0.463. The molecule has 1 saturated heterocycles. The van der Waals surface area contributed by atoms with Crippen LogP contribution in [0.2, 0.25) is 0 Å². The number of hydrogen-bond donors (Lipinski definition) is 1. The second kappa shape index (κ2) is 8.31. The lowest BCUT2D eigenvalue weighted by Crippen LogP contribution is -2.24. The number of aryl methyl sites for hydroxylation is 2. The Hall–Kier alpha value is -1.60. The molecule has 1 aliphatic rings. The molecule has 0 saturated carbocycles. The molecule has 2 rings (SSSR count). The lowest BCUT2D eigenvalue weighted by atomic mass is 10.0. The Kier molecular flexibility index (Phi) is 6.41. The van der Waals surface area contributed by atoms with Gasteiger partial charge >= 0.3 is 5.97 Å². The normalized spacial score (nSPS) is 21.8. The summed E-state index contributed by atoms with van der Waals surface area (Å²) in [5.74, 6) is -0.430. The van der Waals surface area contributed by atoms with Gasteiger partial charge in [-0.05, 0) is 37.1 Å². The summed E-state index contributed by atoms with van der Waals surface area (Å²) >= 11 is 0.967. The van der Waals surface area contributed by atoms with E-state index in [1.54, 1.807) is 6.33 Å². The van der Waals surface area contributed by atoms with Crippen molar-refractivity contribution < 1.29 is 14.3 Å². The van der Waals surface area contributed by atoms with Gasteiger partial charge in [-0.2, -0.15) is 0 Å². The molecule has 1 unspecified atom stereocenters. The highest BCUT2D eigenvalue weighted by atomic mass is 32.2. The molecule has 1 aromatic heterocycles. The van der Waals surface area contributed by atoms with Gasteiger partial charge in [0.15, 0.2) is 10.6 Å². The van der Waals surface area contributed by atoms with Crippen molar-refractivity contribution in [3.8, 4) is 0 Å². The van der Waals surface area contributed by atoms with Gasteiger partial charge in [-0.25, -0.2) is 4.98 Å². The van der Waals surface area contributed by atoms with E-state index in [0.717, 1.165) is 31.0 Å². The second-order valence-electron chi connectivity index (χ2n) is 5.72. The van der Waals surface area contributed by atoms with Crippen molar-refractivity contribution in [2.45, 2.75) is 37.7 Å². The van der Waals surface area contributed by atoms with Gasteiger partial charge in [-0.15, -0.1) is 0 Å². The van der Waals surface area contributed by atoms with Gasteiger partial charge in [-0.3, -0.25) is 9.59 Å². The van der Waals surface area contributed by atoms with Gasteiger partial charge in [0.25, 0.3) is 0 Å².